The minimum absolute atomic E-state index is 0.333. The largest absolute Gasteiger partial charge is 0.505 e. The summed E-state index contributed by atoms with van der Waals surface area (Å²) in [7, 11) is 0. The fraction of sp³-hybridized carbons (Fsp3) is 0.0588. The van der Waals surface area contributed by atoms with Crippen LogP contribution in [0.4, 0.5) is 10.1 Å². The average Bonchev–Trinajstić information content (AvgIpc) is 2.48. The van der Waals surface area contributed by atoms with Crippen molar-refractivity contribution >= 4 is 16.5 Å². The molecule has 3 rings (SSSR count). The van der Waals surface area contributed by atoms with Gasteiger partial charge in [-0.2, -0.15) is 0 Å². The van der Waals surface area contributed by atoms with Crippen LogP contribution in [0.15, 0.2) is 60.7 Å². The lowest BCUT2D eigenvalue weighted by atomic mass is 10.0. The molecule has 0 spiro atoms. The van der Waals surface area contributed by atoms with E-state index in [0.29, 0.717) is 12.2 Å². The second kappa shape index (κ2) is 5.21. The van der Waals surface area contributed by atoms with Gasteiger partial charge >= 0.3 is 0 Å². The van der Waals surface area contributed by atoms with Crippen molar-refractivity contribution in [3.8, 4) is 5.75 Å². The molecule has 0 heterocycles. The topological polar surface area (TPSA) is 32.3 Å². The van der Waals surface area contributed by atoms with Crippen molar-refractivity contribution in [1.82, 2.24) is 0 Å². The Kier molecular flexibility index (Phi) is 3.25. The van der Waals surface area contributed by atoms with Gasteiger partial charge in [0.25, 0.3) is 0 Å². The molecule has 100 valence electrons. The predicted molar refractivity (Wildman–Crippen MR) is 79.3 cm³/mol. The third-order valence-corrected chi connectivity index (χ3v) is 3.31. The van der Waals surface area contributed by atoms with Crippen LogP contribution < -0.4 is 5.32 Å². The fourth-order valence-corrected chi connectivity index (χ4v) is 2.26. The van der Waals surface area contributed by atoms with Crippen LogP contribution in [0, 0.1) is 5.82 Å². The Labute approximate surface area is 116 Å². The number of phenolic OH excluding ortho intramolecular Hbond substituents is 1. The standard InChI is InChI=1S/C17H14FNO/c18-16-10-14(8-9-17(16)20)19-11-13-6-3-5-12-4-1-2-7-15(12)13/h1-10,19-20H,11H2. The van der Waals surface area contributed by atoms with E-state index in [9.17, 15) is 4.39 Å². The highest BCUT2D eigenvalue weighted by Gasteiger charge is 2.03. The van der Waals surface area contributed by atoms with E-state index in [1.165, 1.54) is 22.9 Å². The lowest BCUT2D eigenvalue weighted by Gasteiger charge is -2.10. The summed E-state index contributed by atoms with van der Waals surface area (Å²) in [6.07, 6.45) is 0. The number of halogens is 1. The fourth-order valence-electron chi connectivity index (χ4n) is 2.26. The van der Waals surface area contributed by atoms with E-state index in [1.54, 1.807) is 6.07 Å². The van der Waals surface area contributed by atoms with Crippen LogP contribution in [-0.2, 0) is 6.54 Å². The van der Waals surface area contributed by atoms with Crippen molar-refractivity contribution in [2.45, 2.75) is 6.54 Å². The summed E-state index contributed by atoms with van der Waals surface area (Å²) in [5.41, 5.74) is 1.80. The maximum absolute atomic E-state index is 13.3. The van der Waals surface area contributed by atoms with E-state index in [4.69, 9.17) is 5.11 Å². The average molecular weight is 267 g/mol. The number of nitrogens with one attached hydrogen (secondary N) is 1. The summed E-state index contributed by atoms with van der Waals surface area (Å²) in [5.74, 6) is -0.950. The van der Waals surface area contributed by atoms with Gasteiger partial charge in [0.1, 0.15) is 0 Å². The first-order valence-electron chi connectivity index (χ1n) is 6.43. The second-order valence-corrected chi connectivity index (χ2v) is 4.66. The van der Waals surface area contributed by atoms with E-state index in [0.717, 1.165) is 5.56 Å². The molecule has 0 amide bonds. The van der Waals surface area contributed by atoms with E-state index in [-0.39, 0.29) is 5.75 Å². The summed E-state index contributed by atoms with van der Waals surface area (Å²) >= 11 is 0. The normalized spacial score (nSPS) is 10.7. The minimum atomic E-state index is -0.618. The zero-order valence-corrected chi connectivity index (χ0v) is 10.8. The third kappa shape index (κ3) is 2.43. The van der Waals surface area contributed by atoms with Crippen LogP contribution in [-0.4, -0.2) is 5.11 Å². The molecule has 0 aliphatic heterocycles. The van der Waals surface area contributed by atoms with Crippen LogP contribution in [0.2, 0.25) is 0 Å². The van der Waals surface area contributed by atoms with Crippen LogP contribution in [0.3, 0.4) is 0 Å². The molecule has 0 aliphatic rings. The summed E-state index contributed by atoms with van der Waals surface area (Å²) in [6.45, 7) is 0.603. The van der Waals surface area contributed by atoms with Gasteiger partial charge in [0.05, 0.1) is 0 Å². The first-order valence-corrected chi connectivity index (χ1v) is 6.43. The van der Waals surface area contributed by atoms with Gasteiger partial charge in [-0.25, -0.2) is 4.39 Å². The highest BCUT2D eigenvalue weighted by atomic mass is 19.1. The number of hydrogen-bond donors (Lipinski definition) is 2. The number of fused-ring (bicyclic) bond motifs is 1. The van der Waals surface area contributed by atoms with Gasteiger partial charge in [-0.05, 0) is 28.5 Å². The molecule has 2 nitrogen and oxygen atoms in total. The minimum Gasteiger partial charge on any atom is -0.505 e. The Balaban J connectivity index is 1.85. The molecular weight excluding hydrogens is 253 g/mol. The summed E-state index contributed by atoms with van der Waals surface area (Å²) in [4.78, 5) is 0. The Morgan fingerprint density at radius 2 is 1.75 bits per heavy atom. The van der Waals surface area contributed by atoms with Crippen molar-refractivity contribution in [1.29, 1.82) is 0 Å². The third-order valence-electron chi connectivity index (χ3n) is 3.31. The molecule has 3 aromatic carbocycles. The molecule has 0 aromatic heterocycles. The quantitative estimate of drug-likeness (QED) is 0.693. The lowest BCUT2D eigenvalue weighted by Crippen LogP contribution is -2.00. The first-order chi connectivity index (χ1) is 9.74. The molecule has 0 fully saturated rings. The molecule has 20 heavy (non-hydrogen) atoms. The molecular formula is C17H14FNO. The number of rotatable bonds is 3. The van der Waals surface area contributed by atoms with E-state index in [1.807, 2.05) is 24.3 Å². The van der Waals surface area contributed by atoms with E-state index in [2.05, 4.69) is 23.5 Å². The number of aromatic hydroxyl groups is 1. The maximum Gasteiger partial charge on any atom is 0.166 e. The Morgan fingerprint density at radius 1 is 0.950 bits per heavy atom. The second-order valence-electron chi connectivity index (χ2n) is 4.66. The zero-order chi connectivity index (χ0) is 13.9. The van der Waals surface area contributed by atoms with Crippen molar-refractivity contribution in [2.24, 2.45) is 0 Å². The molecule has 0 radical (unpaired) electrons. The highest BCUT2D eigenvalue weighted by molar-refractivity contribution is 5.85. The van der Waals surface area contributed by atoms with Gasteiger partial charge < -0.3 is 10.4 Å². The van der Waals surface area contributed by atoms with Gasteiger partial charge in [0.2, 0.25) is 0 Å². The Hall–Kier alpha value is -2.55. The smallest absolute Gasteiger partial charge is 0.166 e. The SMILES string of the molecule is Oc1ccc(NCc2cccc3ccccc23)cc1F. The first kappa shape index (κ1) is 12.5. The molecule has 0 saturated heterocycles. The predicted octanol–water partition coefficient (Wildman–Crippen LogP) is 4.30. The number of benzene rings is 3. The van der Waals surface area contributed by atoms with Crippen LogP contribution in [0.5, 0.6) is 5.75 Å². The maximum atomic E-state index is 13.3. The zero-order valence-electron chi connectivity index (χ0n) is 10.8. The van der Waals surface area contributed by atoms with Crippen molar-refractivity contribution < 1.29 is 9.50 Å². The number of phenols is 1. The van der Waals surface area contributed by atoms with Gasteiger partial charge in [0, 0.05) is 18.3 Å². The molecule has 2 N–H and O–H groups in total. The van der Waals surface area contributed by atoms with Crippen molar-refractivity contribution in [3.05, 3.63) is 72.0 Å². The molecule has 0 aliphatic carbocycles. The van der Waals surface area contributed by atoms with Gasteiger partial charge in [-0.15, -0.1) is 0 Å². The van der Waals surface area contributed by atoms with Gasteiger partial charge in [0.15, 0.2) is 11.6 Å². The Morgan fingerprint density at radius 3 is 2.60 bits per heavy atom. The van der Waals surface area contributed by atoms with E-state index < -0.39 is 5.82 Å². The summed E-state index contributed by atoms with van der Waals surface area (Å²) in [5, 5.41) is 14.7. The molecule has 3 heteroatoms. The van der Waals surface area contributed by atoms with Gasteiger partial charge in [-0.3, -0.25) is 0 Å². The summed E-state index contributed by atoms with van der Waals surface area (Å²) < 4.78 is 13.3. The molecule has 0 bridgehead atoms. The van der Waals surface area contributed by atoms with Crippen molar-refractivity contribution in [2.75, 3.05) is 5.32 Å². The van der Waals surface area contributed by atoms with Crippen LogP contribution >= 0.6 is 0 Å². The Bertz CT molecular complexity index is 750. The van der Waals surface area contributed by atoms with Crippen LogP contribution in [0.25, 0.3) is 10.8 Å². The monoisotopic (exact) mass is 267 g/mol. The molecule has 0 atom stereocenters. The van der Waals surface area contributed by atoms with Crippen molar-refractivity contribution in [3.63, 3.8) is 0 Å². The number of anilines is 1. The van der Waals surface area contributed by atoms with Crippen LogP contribution in [0.1, 0.15) is 5.56 Å². The molecule has 3 aromatic rings. The summed E-state index contributed by atoms with van der Waals surface area (Å²) in [6, 6.07) is 18.6. The van der Waals surface area contributed by atoms with E-state index >= 15 is 0 Å². The molecule has 0 unspecified atom stereocenters. The van der Waals surface area contributed by atoms with Gasteiger partial charge in [-0.1, -0.05) is 42.5 Å². The lowest BCUT2D eigenvalue weighted by molar-refractivity contribution is 0.432. The molecule has 0 saturated carbocycles. The number of hydrogen-bond acceptors (Lipinski definition) is 2. The highest BCUT2D eigenvalue weighted by Crippen LogP contribution is 2.22.